The minimum atomic E-state index is -0.157. The molecule has 6 heteroatoms. The molecule has 1 spiro atoms. The molecule has 3 aliphatic heterocycles. The SMILES string of the molecule is O=C(NC1CCC1)c1cc2c(s1)C1(CCN(CC3CCOC3)CC1)OCC2. The highest BCUT2D eigenvalue weighted by Gasteiger charge is 2.43. The average Bonchev–Trinajstić information content (AvgIpc) is 3.30. The van der Waals surface area contributed by atoms with E-state index in [4.69, 9.17) is 9.47 Å². The number of nitrogens with one attached hydrogen (secondary N) is 1. The number of rotatable bonds is 4. The van der Waals surface area contributed by atoms with E-state index in [1.807, 2.05) is 0 Å². The van der Waals surface area contributed by atoms with E-state index in [1.165, 1.54) is 23.3 Å². The third-order valence-electron chi connectivity index (χ3n) is 6.84. The van der Waals surface area contributed by atoms with Crippen molar-refractivity contribution in [2.75, 3.05) is 39.5 Å². The summed E-state index contributed by atoms with van der Waals surface area (Å²) in [5.74, 6) is 0.818. The summed E-state index contributed by atoms with van der Waals surface area (Å²) < 4.78 is 11.9. The quantitative estimate of drug-likeness (QED) is 0.859. The number of hydrogen-bond donors (Lipinski definition) is 1. The highest BCUT2D eigenvalue weighted by atomic mass is 32.1. The second-order valence-corrected chi connectivity index (χ2v) is 9.74. The Morgan fingerprint density at radius 2 is 2.11 bits per heavy atom. The summed E-state index contributed by atoms with van der Waals surface area (Å²) in [7, 11) is 0. The second kappa shape index (κ2) is 7.47. The summed E-state index contributed by atoms with van der Waals surface area (Å²) in [4.78, 5) is 17.4. The summed E-state index contributed by atoms with van der Waals surface area (Å²) in [5.41, 5.74) is 1.19. The first-order valence-electron chi connectivity index (χ1n) is 10.6. The van der Waals surface area contributed by atoms with Gasteiger partial charge in [0.25, 0.3) is 5.91 Å². The fourth-order valence-electron chi connectivity index (χ4n) is 4.90. The summed E-state index contributed by atoms with van der Waals surface area (Å²) >= 11 is 1.68. The Bertz CT molecular complexity index is 686. The van der Waals surface area contributed by atoms with Crippen LogP contribution in [0.2, 0.25) is 0 Å². The molecule has 1 aromatic rings. The molecule has 148 valence electrons. The predicted molar refractivity (Wildman–Crippen MR) is 105 cm³/mol. The first-order valence-corrected chi connectivity index (χ1v) is 11.4. The van der Waals surface area contributed by atoms with E-state index in [0.29, 0.717) is 12.0 Å². The molecule has 5 rings (SSSR count). The van der Waals surface area contributed by atoms with Crippen LogP contribution in [-0.2, 0) is 21.5 Å². The van der Waals surface area contributed by atoms with Gasteiger partial charge in [-0.2, -0.15) is 0 Å². The molecule has 0 radical (unpaired) electrons. The van der Waals surface area contributed by atoms with Gasteiger partial charge in [-0.3, -0.25) is 4.79 Å². The van der Waals surface area contributed by atoms with Gasteiger partial charge < -0.3 is 19.7 Å². The lowest BCUT2D eigenvalue weighted by Crippen LogP contribution is -2.47. The Kier molecular flexibility index (Phi) is 5.01. The van der Waals surface area contributed by atoms with Crippen LogP contribution in [0.1, 0.15) is 58.6 Å². The van der Waals surface area contributed by atoms with Crippen LogP contribution in [0.25, 0.3) is 0 Å². The van der Waals surface area contributed by atoms with Crippen LogP contribution in [0.5, 0.6) is 0 Å². The number of amides is 1. The molecular weight excluding hydrogens is 360 g/mol. The van der Waals surface area contributed by atoms with Crippen molar-refractivity contribution in [2.45, 2.75) is 56.6 Å². The molecule has 5 nitrogen and oxygen atoms in total. The van der Waals surface area contributed by atoms with Crippen molar-refractivity contribution >= 4 is 17.2 Å². The Labute approximate surface area is 165 Å². The number of carbonyl (C=O) groups is 1. The fourth-order valence-corrected chi connectivity index (χ4v) is 6.22. The largest absolute Gasteiger partial charge is 0.381 e. The van der Waals surface area contributed by atoms with E-state index in [-0.39, 0.29) is 11.5 Å². The fraction of sp³-hybridized carbons (Fsp3) is 0.762. The summed E-state index contributed by atoms with van der Waals surface area (Å²) in [5, 5.41) is 3.19. The number of piperidine rings is 1. The zero-order valence-electron chi connectivity index (χ0n) is 16.0. The van der Waals surface area contributed by atoms with Crippen LogP contribution in [0.3, 0.4) is 0 Å². The molecule has 3 fully saturated rings. The highest BCUT2D eigenvalue weighted by Crippen LogP contribution is 2.45. The zero-order valence-corrected chi connectivity index (χ0v) is 16.8. The van der Waals surface area contributed by atoms with Gasteiger partial charge in [0, 0.05) is 37.2 Å². The molecule has 1 N–H and O–H groups in total. The molecule has 0 aromatic carbocycles. The summed E-state index contributed by atoms with van der Waals surface area (Å²) in [6.07, 6.45) is 7.72. The summed E-state index contributed by atoms with van der Waals surface area (Å²) in [6, 6.07) is 2.53. The molecule has 1 aliphatic carbocycles. The van der Waals surface area contributed by atoms with E-state index < -0.39 is 0 Å². The van der Waals surface area contributed by atoms with Crippen LogP contribution in [0.4, 0.5) is 0 Å². The van der Waals surface area contributed by atoms with Crippen molar-refractivity contribution in [1.29, 1.82) is 0 Å². The van der Waals surface area contributed by atoms with Crippen molar-refractivity contribution in [3.8, 4) is 0 Å². The maximum absolute atomic E-state index is 12.6. The molecule has 0 bridgehead atoms. The Morgan fingerprint density at radius 1 is 1.26 bits per heavy atom. The number of nitrogens with zero attached hydrogens (tertiary/aromatic N) is 1. The number of fused-ring (bicyclic) bond motifs is 2. The van der Waals surface area contributed by atoms with Gasteiger partial charge in [0.15, 0.2) is 0 Å². The Hall–Kier alpha value is -0.950. The van der Waals surface area contributed by atoms with Crippen molar-refractivity contribution in [3.63, 3.8) is 0 Å². The van der Waals surface area contributed by atoms with E-state index in [0.717, 1.165) is 76.4 Å². The molecular formula is C21H30N2O3S. The molecule has 2 saturated heterocycles. The first kappa shape index (κ1) is 18.1. The van der Waals surface area contributed by atoms with Crippen LogP contribution < -0.4 is 5.32 Å². The molecule has 1 atom stereocenters. The Morgan fingerprint density at radius 3 is 2.81 bits per heavy atom. The van der Waals surface area contributed by atoms with Crippen LogP contribution in [-0.4, -0.2) is 56.3 Å². The average molecular weight is 391 g/mol. The highest BCUT2D eigenvalue weighted by molar-refractivity contribution is 7.14. The van der Waals surface area contributed by atoms with E-state index in [9.17, 15) is 4.79 Å². The Balaban J connectivity index is 1.27. The van der Waals surface area contributed by atoms with Gasteiger partial charge in [-0.15, -0.1) is 11.3 Å². The predicted octanol–water partition coefficient (Wildman–Crippen LogP) is 2.93. The lowest BCUT2D eigenvalue weighted by molar-refractivity contribution is -0.0963. The third-order valence-corrected chi connectivity index (χ3v) is 8.20. The molecule has 4 heterocycles. The van der Waals surface area contributed by atoms with E-state index in [2.05, 4.69) is 16.3 Å². The monoisotopic (exact) mass is 390 g/mol. The van der Waals surface area contributed by atoms with Crippen molar-refractivity contribution in [3.05, 3.63) is 21.4 Å². The van der Waals surface area contributed by atoms with Crippen molar-refractivity contribution in [2.24, 2.45) is 5.92 Å². The summed E-state index contributed by atoms with van der Waals surface area (Å²) in [6.45, 7) is 5.95. The van der Waals surface area contributed by atoms with Gasteiger partial charge in [-0.25, -0.2) is 0 Å². The van der Waals surface area contributed by atoms with Gasteiger partial charge in [0.1, 0.15) is 5.60 Å². The minimum absolute atomic E-state index is 0.118. The maximum Gasteiger partial charge on any atom is 0.261 e. The van der Waals surface area contributed by atoms with Crippen molar-refractivity contribution in [1.82, 2.24) is 10.2 Å². The standard InChI is InChI=1S/C21H30N2O3S/c24-20(22-17-2-1-3-17)18-12-16-5-11-26-21(19(16)27-18)6-8-23(9-7-21)13-15-4-10-25-14-15/h12,15,17H,1-11,13-14H2,(H,22,24). The van der Waals surface area contributed by atoms with Gasteiger partial charge in [-0.1, -0.05) is 0 Å². The maximum atomic E-state index is 12.6. The lowest BCUT2D eigenvalue weighted by Gasteiger charge is -2.44. The third kappa shape index (κ3) is 3.57. The van der Waals surface area contributed by atoms with Crippen LogP contribution in [0, 0.1) is 5.92 Å². The molecule has 4 aliphatic rings. The first-order chi connectivity index (χ1) is 13.2. The number of ether oxygens (including phenoxy) is 2. The smallest absolute Gasteiger partial charge is 0.261 e. The molecule has 1 amide bonds. The number of hydrogen-bond acceptors (Lipinski definition) is 5. The molecule has 1 aromatic heterocycles. The zero-order chi connectivity index (χ0) is 18.3. The number of thiophene rings is 1. The number of carbonyl (C=O) groups excluding carboxylic acids is 1. The van der Waals surface area contributed by atoms with E-state index >= 15 is 0 Å². The number of likely N-dealkylation sites (tertiary alicyclic amines) is 1. The molecule has 1 saturated carbocycles. The molecule has 1 unspecified atom stereocenters. The van der Waals surface area contributed by atoms with Crippen molar-refractivity contribution < 1.29 is 14.3 Å². The van der Waals surface area contributed by atoms with Gasteiger partial charge in [0.2, 0.25) is 0 Å². The normalized spacial score (nSPS) is 28.1. The topological polar surface area (TPSA) is 50.8 Å². The lowest BCUT2D eigenvalue weighted by atomic mass is 9.85. The van der Waals surface area contributed by atoms with E-state index in [1.54, 1.807) is 11.3 Å². The van der Waals surface area contributed by atoms with Crippen LogP contribution >= 0.6 is 11.3 Å². The second-order valence-electron chi connectivity index (χ2n) is 8.69. The van der Waals surface area contributed by atoms with Crippen LogP contribution in [0.15, 0.2) is 6.07 Å². The van der Waals surface area contributed by atoms with Gasteiger partial charge in [0.05, 0.1) is 18.1 Å². The van der Waals surface area contributed by atoms with Gasteiger partial charge >= 0.3 is 0 Å². The van der Waals surface area contributed by atoms with Gasteiger partial charge in [-0.05, 0) is 62.5 Å². The minimum Gasteiger partial charge on any atom is -0.381 e. The molecule has 27 heavy (non-hydrogen) atoms.